The van der Waals surface area contributed by atoms with E-state index in [0.29, 0.717) is 11.0 Å². The molecule has 0 aliphatic rings. The van der Waals surface area contributed by atoms with Gasteiger partial charge >= 0.3 is 11.1 Å². The summed E-state index contributed by atoms with van der Waals surface area (Å²) in [6, 6.07) is 7.33. The first-order chi connectivity index (χ1) is 9.63. The highest BCUT2D eigenvalue weighted by Crippen LogP contribution is 2.21. The molecule has 6 heteroatoms. The first-order valence-corrected chi connectivity index (χ1v) is 6.18. The largest absolute Gasteiger partial charge is 0.472 e. The van der Waals surface area contributed by atoms with Crippen LogP contribution in [0.3, 0.4) is 0 Å². The minimum Gasteiger partial charge on any atom is -0.472 e. The number of benzene rings is 1. The average molecular weight is 271 g/mol. The fourth-order valence-corrected chi connectivity index (χ4v) is 2.06. The molecule has 0 saturated heterocycles. The number of H-pyrrole nitrogens is 2. The molecule has 0 saturated carbocycles. The smallest absolute Gasteiger partial charge is 0.314 e. The van der Waals surface area contributed by atoms with Gasteiger partial charge in [0, 0.05) is 11.3 Å². The van der Waals surface area contributed by atoms with Crippen LogP contribution < -0.4 is 16.4 Å². The maximum atomic E-state index is 11.3. The van der Waals surface area contributed by atoms with Crippen LogP contribution in [0.4, 0.5) is 5.69 Å². The molecular formula is C14H13N3O3. The van der Waals surface area contributed by atoms with E-state index in [-0.39, 0.29) is 6.04 Å². The third-order valence-corrected chi connectivity index (χ3v) is 3.15. The van der Waals surface area contributed by atoms with Crippen molar-refractivity contribution < 1.29 is 4.42 Å². The van der Waals surface area contributed by atoms with Crippen molar-refractivity contribution in [3.05, 3.63) is 63.1 Å². The Morgan fingerprint density at radius 3 is 2.55 bits per heavy atom. The third-order valence-electron chi connectivity index (χ3n) is 3.15. The zero-order valence-corrected chi connectivity index (χ0v) is 10.8. The van der Waals surface area contributed by atoms with E-state index in [9.17, 15) is 9.59 Å². The molecule has 102 valence electrons. The Morgan fingerprint density at radius 2 is 1.85 bits per heavy atom. The van der Waals surface area contributed by atoms with Crippen molar-refractivity contribution in [1.29, 1.82) is 0 Å². The fourth-order valence-electron chi connectivity index (χ4n) is 2.06. The summed E-state index contributed by atoms with van der Waals surface area (Å²) in [5.41, 5.74) is 1.74. The van der Waals surface area contributed by atoms with E-state index in [4.69, 9.17) is 4.42 Å². The summed E-state index contributed by atoms with van der Waals surface area (Å²) in [5.74, 6) is 0. The zero-order chi connectivity index (χ0) is 14.1. The maximum absolute atomic E-state index is 11.3. The number of anilines is 1. The lowest BCUT2D eigenvalue weighted by Gasteiger charge is -2.13. The highest BCUT2D eigenvalue weighted by atomic mass is 16.3. The van der Waals surface area contributed by atoms with Gasteiger partial charge in [0.2, 0.25) is 0 Å². The molecule has 3 aromatic rings. The predicted molar refractivity (Wildman–Crippen MR) is 75.9 cm³/mol. The second-order valence-electron chi connectivity index (χ2n) is 4.59. The summed E-state index contributed by atoms with van der Waals surface area (Å²) in [7, 11) is 0. The van der Waals surface area contributed by atoms with Crippen molar-refractivity contribution >= 4 is 16.7 Å². The van der Waals surface area contributed by atoms with Crippen LogP contribution in [0.1, 0.15) is 18.5 Å². The number of aromatic amines is 2. The summed E-state index contributed by atoms with van der Waals surface area (Å²) < 4.78 is 5.05. The molecule has 2 aromatic heterocycles. The van der Waals surface area contributed by atoms with Gasteiger partial charge in [-0.3, -0.25) is 9.59 Å². The van der Waals surface area contributed by atoms with Crippen LogP contribution in [0.2, 0.25) is 0 Å². The van der Waals surface area contributed by atoms with Gasteiger partial charge in [-0.1, -0.05) is 0 Å². The van der Waals surface area contributed by atoms with E-state index in [1.165, 1.54) is 0 Å². The first-order valence-electron chi connectivity index (χ1n) is 6.18. The van der Waals surface area contributed by atoms with Crippen molar-refractivity contribution in [1.82, 2.24) is 9.97 Å². The molecule has 0 fully saturated rings. The summed E-state index contributed by atoms with van der Waals surface area (Å²) in [6.07, 6.45) is 3.30. The number of furan rings is 1. The minimum atomic E-state index is -0.655. The molecule has 0 bridgehead atoms. The molecule has 3 N–H and O–H groups in total. The minimum absolute atomic E-state index is 0.0701. The number of rotatable bonds is 3. The van der Waals surface area contributed by atoms with Gasteiger partial charge in [0.05, 0.1) is 29.6 Å². The van der Waals surface area contributed by atoms with Crippen LogP contribution in [-0.4, -0.2) is 9.97 Å². The highest BCUT2D eigenvalue weighted by molar-refractivity contribution is 5.78. The molecule has 0 amide bonds. The lowest BCUT2D eigenvalue weighted by molar-refractivity contribution is 0.562. The van der Waals surface area contributed by atoms with E-state index in [1.54, 1.807) is 24.7 Å². The quantitative estimate of drug-likeness (QED) is 0.635. The fraction of sp³-hybridized carbons (Fsp3) is 0.143. The van der Waals surface area contributed by atoms with Gasteiger partial charge in [-0.05, 0) is 31.2 Å². The van der Waals surface area contributed by atoms with Gasteiger partial charge in [0.1, 0.15) is 0 Å². The Kier molecular flexibility index (Phi) is 2.90. The molecule has 20 heavy (non-hydrogen) atoms. The molecule has 3 rings (SSSR count). The molecule has 1 unspecified atom stereocenters. The molecule has 0 spiro atoms. The summed E-state index contributed by atoms with van der Waals surface area (Å²) in [6.45, 7) is 2.00. The topological polar surface area (TPSA) is 90.9 Å². The van der Waals surface area contributed by atoms with E-state index in [2.05, 4.69) is 15.3 Å². The highest BCUT2D eigenvalue weighted by Gasteiger charge is 2.07. The van der Waals surface area contributed by atoms with Gasteiger partial charge in [0.25, 0.3) is 0 Å². The molecule has 0 radical (unpaired) electrons. The van der Waals surface area contributed by atoms with E-state index >= 15 is 0 Å². The van der Waals surface area contributed by atoms with Crippen LogP contribution in [-0.2, 0) is 0 Å². The summed E-state index contributed by atoms with van der Waals surface area (Å²) in [4.78, 5) is 27.6. The molecule has 1 atom stereocenters. The van der Waals surface area contributed by atoms with Gasteiger partial charge < -0.3 is 19.7 Å². The van der Waals surface area contributed by atoms with Crippen LogP contribution in [0.25, 0.3) is 11.0 Å². The van der Waals surface area contributed by atoms with Crippen LogP contribution >= 0.6 is 0 Å². The molecule has 6 nitrogen and oxygen atoms in total. The lowest BCUT2D eigenvalue weighted by atomic mass is 10.1. The monoisotopic (exact) mass is 271 g/mol. The summed E-state index contributed by atoms with van der Waals surface area (Å²) in [5, 5.41) is 3.30. The second kappa shape index (κ2) is 4.73. The number of aromatic nitrogens is 2. The standard InChI is InChI=1S/C14H13N3O3/c1-8(9-4-5-20-7-9)15-10-2-3-11-12(6-10)17-14(19)13(18)16-11/h2-8,15H,1H3,(H,16,18)(H,17,19). The van der Waals surface area contributed by atoms with Gasteiger partial charge in [-0.15, -0.1) is 0 Å². The number of nitrogens with one attached hydrogen (secondary N) is 3. The van der Waals surface area contributed by atoms with Crippen LogP contribution in [0.5, 0.6) is 0 Å². The molecule has 1 aromatic carbocycles. The van der Waals surface area contributed by atoms with Crippen LogP contribution in [0.15, 0.2) is 50.8 Å². The van der Waals surface area contributed by atoms with Crippen molar-refractivity contribution in [2.24, 2.45) is 0 Å². The first kappa shape index (κ1) is 12.3. The van der Waals surface area contributed by atoms with E-state index in [1.807, 2.05) is 19.1 Å². The maximum Gasteiger partial charge on any atom is 0.314 e. The SMILES string of the molecule is CC(Nc1ccc2[nH]c(=O)c(=O)[nH]c2c1)c1ccoc1. The molecule has 0 aliphatic heterocycles. The normalized spacial score (nSPS) is 12.4. The van der Waals surface area contributed by atoms with E-state index in [0.717, 1.165) is 11.3 Å². The molecule has 0 aliphatic carbocycles. The Bertz CT molecular complexity index is 846. The Labute approximate surface area is 113 Å². The van der Waals surface area contributed by atoms with Gasteiger partial charge in [0.15, 0.2) is 0 Å². The second-order valence-corrected chi connectivity index (χ2v) is 4.59. The summed E-state index contributed by atoms with van der Waals surface area (Å²) >= 11 is 0. The zero-order valence-electron chi connectivity index (χ0n) is 10.8. The van der Waals surface area contributed by atoms with Crippen LogP contribution in [0, 0.1) is 0 Å². The Morgan fingerprint density at radius 1 is 1.10 bits per heavy atom. The average Bonchev–Trinajstić information content (AvgIpc) is 2.94. The van der Waals surface area contributed by atoms with Crippen molar-refractivity contribution in [2.75, 3.05) is 5.32 Å². The molecule has 2 heterocycles. The molecular weight excluding hydrogens is 258 g/mol. The Hall–Kier alpha value is -2.76. The van der Waals surface area contributed by atoms with Gasteiger partial charge in [-0.2, -0.15) is 0 Å². The Balaban J connectivity index is 1.95. The van der Waals surface area contributed by atoms with Crippen molar-refractivity contribution in [3.63, 3.8) is 0 Å². The van der Waals surface area contributed by atoms with Crippen molar-refractivity contribution in [3.8, 4) is 0 Å². The predicted octanol–water partition coefficient (Wildman–Crippen LogP) is 1.98. The van der Waals surface area contributed by atoms with Crippen molar-refractivity contribution in [2.45, 2.75) is 13.0 Å². The number of hydrogen-bond acceptors (Lipinski definition) is 4. The lowest BCUT2D eigenvalue weighted by Crippen LogP contribution is -2.28. The number of hydrogen-bond donors (Lipinski definition) is 3. The van der Waals surface area contributed by atoms with E-state index < -0.39 is 11.1 Å². The third kappa shape index (κ3) is 2.23. The van der Waals surface area contributed by atoms with Gasteiger partial charge in [-0.25, -0.2) is 0 Å². The number of fused-ring (bicyclic) bond motifs is 1.